The highest BCUT2D eigenvalue weighted by Gasteiger charge is 2.10. The third-order valence-corrected chi connectivity index (χ3v) is 3.12. The second-order valence-electron chi connectivity index (χ2n) is 3.35. The third-order valence-electron chi connectivity index (χ3n) is 2.15. The first-order valence-electron chi connectivity index (χ1n) is 4.95. The first-order chi connectivity index (χ1) is 7.72. The maximum atomic E-state index is 6.17. The lowest BCUT2D eigenvalue weighted by molar-refractivity contribution is 0.745. The molecule has 0 radical (unpaired) electrons. The number of aromatic nitrogens is 4. The first kappa shape index (κ1) is 11.8. The zero-order chi connectivity index (χ0) is 11.5. The molecule has 2 rings (SSSR count). The smallest absolute Gasteiger partial charge is 0.156 e. The molecule has 0 amide bonds. The van der Waals surface area contributed by atoms with E-state index in [-0.39, 0.29) is 0 Å². The molecule has 0 fully saturated rings. The van der Waals surface area contributed by atoms with E-state index in [4.69, 9.17) is 11.6 Å². The van der Waals surface area contributed by atoms with E-state index in [1.165, 1.54) is 0 Å². The van der Waals surface area contributed by atoms with Gasteiger partial charge in [0.05, 0.1) is 10.7 Å². The Morgan fingerprint density at radius 2 is 2.25 bits per heavy atom. The van der Waals surface area contributed by atoms with Crippen molar-refractivity contribution in [3.63, 3.8) is 0 Å². The van der Waals surface area contributed by atoms with Crippen LogP contribution in [0.3, 0.4) is 0 Å². The Hall–Kier alpha value is -0.690. The highest BCUT2D eigenvalue weighted by molar-refractivity contribution is 14.1. The quantitative estimate of drug-likeness (QED) is 0.801. The number of tetrazole rings is 1. The maximum absolute atomic E-state index is 6.17. The molecule has 0 unspecified atom stereocenters. The lowest BCUT2D eigenvalue weighted by Crippen LogP contribution is -2.03. The minimum atomic E-state index is 0.663. The molecular formula is C10H10ClIN4. The van der Waals surface area contributed by atoms with Crippen molar-refractivity contribution in [2.45, 2.75) is 19.8 Å². The molecule has 16 heavy (non-hydrogen) atoms. The van der Waals surface area contributed by atoms with Crippen molar-refractivity contribution in [1.82, 2.24) is 20.2 Å². The van der Waals surface area contributed by atoms with Crippen LogP contribution in [0.5, 0.6) is 0 Å². The Labute approximate surface area is 112 Å². The van der Waals surface area contributed by atoms with Crippen molar-refractivity contribution >= 4 is 34.2 Å². The van der Waals surface area contributed by atoms with Crippen LogP contribution in [-0.2, 0) is 6.42 Å². The van der Waals surface area contributed by atoms with Crippen molar-refractivity contribution in [3.8, 4) is 5.69 Å². The van der Waals surface area contributed by atoms with Crippen LogP contribution >= 0.6 is 34.2 Å². The highest BCUT2D eigenvalue weighted by Crippen LogP contribution is 2.22. The normalized spacial score (nSPS) is 10.7. The summed E-state index contributed by atoms with van der Waals surface area (Å²) in [5.74, 6) is 0.839. The van der Waals surface area contributed by atoms with Crippen LogP contribution in [0, 0.1) is 3.57 Å². The lowest BCUT2D eigenvalue weighted by Gasteiger charge is -2.06. The number of hydrogen-bond donors (Lipinski definition) is 0. The summed E-state index contributed by atoms with van der Waals surface area (Å²) in [6.07, 6.45) is 1.84. The molecule has 6 heteroatoms. The predicted molar refractivity (Wildman–Crippen MR) is 70.9 cm³/mol. The standard InChI is InChI=1S/C10H10ClIN4/c1-2-3-10-13-14-15-16(10)9-5-4-7(12)6-8(9)11/h4-6H,2-3H2,1H3. The molecule has 4 nitrogen and oxygen atoms in total. The van der Waals surface area contributed by atoms with Gasteiger partial charge in [-0.3, -0.25) is 0 Å². The lowest BCUT2D eigenvalue weighted by atomic mass is 10.3. The highest BCUT2D eigenvalue weighted by atomic mass is 127. The zero-order valence-corrected chi connectivity index (χ0v) is 11.6. The van der Waals surface area contributed by atoms with Crippen molar-refractivity contribution in [2.24, 2.45) is 0 Å². The monoisotopic (exact) mass is 348 g/mol. The van der Waals surface area contributed by atoms with E-state index in [2.05, 4.69) is 45.0 Å². The molecule has 0 spiro atoms. The number of aryl methyl sites for hydroxylation is 1. The molecule has 1 heterocycles. The Morgan fingerprint density at radius 1 is 1.44 bits per heavy atom. The van der Waals surface area contributed by atoms with Crippen LogP contribution in [0.25, 0.3) is 5.69 Å². The van der Waals surface area contributed by atoms with Crippen LogP contribution < -0.4 is 0 Å². The third kappa shape index (κ3) is 2.35. The van der Waals surface area contributed by atoms with Gasteiger partial charge in [-0.2, -0.15) is 4.68 Å². The summed E-state index contributed by atoms with van der Waals surface area (Å²) >= 11 is 8.39. The van der Waals surface area contributed by atoms with Gasteiger partial charge < -0.3 is 0 Å². The summed E-state index contributed by atoms with van der Waals surface area (Å²) in [4.78, 5) is 0. The molecule has 0 aliphatic heterocycles. The fraction of sp³-hybridized carbons (Fsp3) is 0.300. The average molecular weight is 349 g/mol. The molecule has 0 atom stereocenters. The molecule has 0 aliphatic rings. The molecule has 0 N–H and O–H groups in total. The van der Waals surface area contributed by atoms with E-state index in [0.29, 0.717) is 5.02 Å². The van der Waals surface area contributed by atoms with Gasteiger partial charge in [0.1, 0.15) is 0 Å². The van der Waals surface area contributed by atoms with Gasteiger partial charge in [-0.15, -0.1) is 5.10 Å². The molecule has 2 aromatic rings. The molecule has 0 saturated heterocycles. The van der Waals surface area contributed by atoms with Gasteiger partial charge in [-0.25, -0.2) is 0 Å². The summed E-state index contributed by atoms with van der Waals surface area (Å²) in [6, 6.07) is 5.81. The summed E-state index contributed by atoms with van der Waals surface area (Å²) in [5, 5.41) is 12.3. The maximum Gasteiger partial charge on any atom is 0.156 e. The van der Waals surface area contributed by atoms with E-state index < -0.39 is 0 Å². The van der Waals surface area contributed by atoms with E-state index in [0.717, 1.165) is 27.9 Å². The topological polar surface area (TPSA) is 43.6 Å². The summed E-state index contributed by atoms with van der Waals surface area (Å²) in [7, 11) is 0. The minimum absolute atomic E-state index is 0.663. The molecule has 0 bridgehead atoms. The molecule has 1 aromatic heterocycles. The minimum Gasteiger partial charge on any atom is -0.196 e. The van der Waals surface area contributed by atoms with Gasteiger partial charge in [-0.1, -0.05) is 18.5 Å². The van der Waals surface area contributed by atoms with Gasteiger partial charge in [0.25, 0.3) is 0 Å². The molecule has 0 saturated carbocycles. The first-order valence-corrected chi connectivity index (χ1v) is 6.40. The van der Waals surface area contributed by atoms with Crippen LogP contribution in [0.15, 0.2) is 18.2 Å². The Kier molecular flexibility index (Phi) is 3.75. The van der Waals surface area contributed by atoms with E-state index in [1.54, 1.807) is 4.68 Å². The summed E-state index contributed by atoms with van der Waals surface area (Å²) in [5.41, 5.74) is 0.829. The largest absolute Gasteiger partial charge is 0.196 e. The van der Waals surface area contributed by atoms with Gasteiger partial charge in [0.15, 0.2) is 5.82 Å². The van der Waals surface area contributed by atoms with Gasteiger partial charge in [0, 0.05) is 9.99 Å². The van der Waals surface area contributed by atoms with Crippen LogP contribution in [-0.4, -0.2) is 20.2 Å². The van der Waals surface area contributed by atoms with Crippen molar-refractivity contribution in [1.29, 1.82) is 0 Å². The average Bonchev–Trinajstić information content (AvgIpc) is 2.67. The van der Waals surface area contributed by atoms with Crippen LogP contribution in [0.4, 0.5) is 0 Å². The summed E-state index contributed by atoms with van der Waals surface area (Å²) < 4.78 is 2.79. The number of hydrogen-bond acceptors (Lipinski definition) is 3. The second-order valence-corrected chi connectivity index (χ2v) is 5.01. The van der Waals surface area contributed by atoms with E-state index in [9.17, 15) is 0 Å². The molecule has 84 valence electrons. The summed E-state index contributed by atoms with van der Waals surface area (Å²) in [6.45, 7) is 2.09. The molecule has 0 aliphatic carbocycles. The number of rotatable bonds is 3. The fourth-order valence-electron chi connectivity index (χ4n) is 1.43. The number of halogens is 2. The fourth-order valence-corrected chi connectivity index (χ4v) is 2.36. The van der Waals surface area contributed by atoms with Gasteiger partial charge in [-0.05, 0) is 57.6 Å². The number of nitrogens with zero attached hydrogens (tertiary/aromatic N) is 4. The van der Waals surface area contributed by atoms with Gasteiger partial charge >= 0.3 is 0 Å². The van der Waals surface area contributed by atoms with E-state index >= 15 is 0 Å². The Balaban J connectivity index is 2.46. The zero-order valence-electron chi connectivity index (χ0n) is 8.69. The van der Waals surface area contributed by atoms with Crippen molar-refractivity contribution in [3.05, 3.63) is 32.6 Å². The molecular weight excluding hydrogens is 338 g/mol. The van der Waals surface area contributed by atoms with Gasteiger partial charge in [0.2, 0.25) is 0 Å². The Morgan fingerprint density at radius 3 is 2.94 bits per heavy atom. The second kappa shape index (κ2) is 5.09. The number of benzene rings is 1. The SMILES string of the molecule is CCCc1nnnn1-c1ccc(I)cc1Cl. The van der Waals surface area contributed by atoms with Crippen LogP contribution in [0.1, 0.15) is 19.2 Å². The predicted octanol–water partition coefficient (Wildman–Crippen LogP) is 2.87. The van der Waals surface area contributed by atoms with Crippen molar-refractivity contribution in [2.75, 3.05) is 0 Å². The van der Waals surface area contributed by atoms with Crippen molar-refractivity contribution < 1.29 is 0 Å². The Bertz CT molecular complexity index is 497. The van der Waals surface area contributed by atoms with E-state index in [1.807, 2.05) is 18.2 Å². The molecule has 1 aromatic carbocycles. The van der Waals surface area contributed by atoms with Crippen LogP contribution in [0.2, 0.25) is 5.02 Å².